The predicted octanol–water partition coefficient (Wildman–Crippen LogP) is 1.96. The van der Waals surface area contributed by atoms with Crippen molar-refractivity contribution in [3.63, 3.8) is 0 Å². The highest BCUT2D eigenvalue weighted by Crippen LogP contribution is 2.36. The lowest BCUT2D eigenvalue weighted by molar-refractivity contribution is -0.0888. The van der Waals surface area contributed by atoms with E-state index in [0.717, 1.165) is 5.56 Å². The van der Waals surface area contributed by atoms with Gasteiger partial charge in [0.05, 0.1) is 18.5 Å². The van der Waals surface area contributed by atoms with E-state index < -0.39 is 11.7 Å². The van der Waals surface area contributed by atoms with E-state index in [-0.39, 0.29) is 0 Å². The van der Waals surface area contributed by atoms with Gasteiger partial charge in [0.25, 0.3) is 0 Å². The molecule has 0 aliphatic carbocycles. The van der Waals surface area contributed by atoms with Crippen molar-refractivity contribution in [3.05, 3.63) is 48.8 Å². The Morgan fingerprint density at radius 2 is 2.13 bits per heavy atom. The van der Waals surface area contributed by atoms with Crippen molar-refractivity contribution in [2.45, 2.75) is 25.0 Å². The lowest BCUT2D eigenvalue weighted by atomic mass is 9.85. The standard InChI is InChI=1S/C16H20N4O3/c21-15(22)20-7-3-16(4-8-20,14-2-1-5-17-12-14)23-11-10-19-9-6-18-13-19/h1-2,5-6,9,12-13H,3-4,7-8,10-11H2,(H,21,22). The van der Waals surface area contributed by atoms with Crippen molar-refractivity contribution < 1.29 is 14.6 Å². The van der Waals surface area contributed by atoms with Crippen molar-refractivity contribution in [1.29, 1.82) is 0 Å². The van der Waals surface area contributed by atoms with Crippen LogP contribution < -0.4 is 0 Å². The molecule has 7 nitrogen and oxygen atoms in total. The van der Waals surface area contributed by atoms with Crippen molar-refractivity contribution in [2.75, 3.05) is 19.7 Å². The van der Waals surface area contributed by atoms with Crippen molar-refractivity contribution >= 4 is 6.09 Å². The van der Waals surface area contributed by atoms with Gasteiger partial charge in [0.15, 0.2) is 0 Å². The van der Waals surface area contributed by atoms with Crippen molar-refractivity contribution in [1.82, 2.24) is 19.4 Å². The Kier molecular flexibility index (Phi) is 4.57. The molecular weight excluding hydrogens is 296 g/mol. The summed E-state index contributed by atoms with van der Waals surface area (Å²) >= 11 is 0. The maximum Gasteiger partial charge on any atom is 0.407 e. The number of likely N-dealkylation sites (tertiary alicyclic amines) is 1. The van der Waals surface area contributed by atoms with Crippen molar-refractivity contribution in [2.24, 2.45) is 0 Å². The number of hydrogen-bond donors (Lipinski definition) is 1. The molecule has 7 heteroatoms. The summed E-state index contributed by atoms with van der Waals surface area (Å²) in [6.45, 7) is 2.19. The summed E-state index contributed by atoms with van der Waals surface area (Å²) in [5.41, 5.74) is 0.538. The Labute approximate surface area is 134 Å². The Morgan fingerprint density at radius 1 is 1.30 bits per heavy atom. The third kappa shape index (κ3) is 3.50. The lowest BCUT2D eigenvalue weighted by Gasteiger charge is -2.41. The van der Waals surface area contributed by atoms with Gasteiger partial charge in [0, 0.05) is 50.0 Å². The summed E-state index contributed by atoms with van der Waals surface area (Å²) in [5, 5.41) is 9.14. The molecule has 1 aliphatic heterocycles. The van der Waals surface area contributed by atoms with Gasteiger partial charge in [-0.25, -0.2) is 9.78 Å². The molecule has 0 saturated carbocycles. The highest BCUT2D eigenvalue weighted by molar-refractivity contribution is 5.65. The highest BCUT2D eigenvalue weighted by Gasteiger charge is 2.38. The fourth-order valence-electron chi connectivity index (χ4n) is 2.97. The summed E-state index contributed by atoms with van der Waals surface area (Å²) in [6.07, 6.45) is 9.33. The van der Waals surface area contributed by atoms with Gasteiger partial charge in [0.2, 0.25) is 0 Å². The summed E-state index contributed by atoms with van der Waals surface area (Å²) in [4.78, 5) is 20.8. The minimum absolute atomic E-state index is 0.468. The number of nitrogens with zero attached hydrogens (tertiary/aromatic N) is 4. The van der Waals surface area contributed by atoms with Crippen LogP contribution in [0, 0.1) is 0 Å². The molecule has 1 amide bonds. The van der Waals surface area contributed by atoms with Gasteiger partial charge < -0.3 is 19.3 Å². The van der Waals surface area contributed by atoms with Gasteiger partial charge in [-0.2, -0.15) is 0 Å². The van der Waals surface area contributed by atoms with E-state index in [1.807, 2.05) is 29.1 Å². The minimum atomic E-state index is -0.872. The molecule has 3 rings (SSSR count). The summed E-state index contributed by atoms with van der Waals surface area (Å²) < 4.78 is 8.21. The van der Waals surface area contributed by atoms with Gasteiger partial charge in [0.1, 0.15) is 0 Å². The van der Waals surface area contributed by atoms with Crippen LogP contribution in [-0.2, 0) is 16.9 Å². The molecule has 1 aliphatic rings. The second kappa shape index (κ2) is 6.78. The third-order valence-electron chi connectivity index (χ3n) is 4.32. The number of amides is 1. The SMILES string of the molecule is O=C(O)N1CCC(OCCn2ccnc2)(c2cccnc2)CC1. The van der Waals surface area contributed by atoms with Crippen LogP contribution in [0.2, 0.25) is 0 Å². The first-order chi connectivity index (χ1) is 11.2. The van der Waals surface area contributed by atoms with Crippen LogP contribution in [0.4, 0.5) is 4.79 Å². The molecule has 0 spiro atoms. The Bertz CT molecular complexity index is 622. The number of pyridine rings is 1. The average molecular weight is 316 g/mol. The fraction of sp³-hybridized carbons (Fsp3) is 0.438. The van der Waals surface area contributed by atoms with Crippen LogP contribution in [-0.4, -0.2) is 50.3 Å². The quantitative estimate of drug-likeness (QED) is 0.912. The number of imidazole rings is 1. The van der Waals surface area contributed by atoms with Crippen molar-refractivity contribution in [3.8, 4) is 0 Å². The molecule has 0 unspecified atom stereocenters. The zero-order valence-electron chi connectivity index (χ0n) is 12.8. The topological polar surface area (TPSA) is 80.5 Å². The van der Waals surface area contributed by atoms with Gasteiger partial charge >= 0.3 is 6.09 Å². The molecule has 23 heavy (non-hydrogen) atoms. The molecule has 1 fully saturated rings. The molecule has 2 aromatic rings. The first-order valence-corrected chi connectivity index (χ1v) is 7.68. The molecule has 0 bridgehead atoms. The van der Waals surface area contributed by atoms with E-state index in [0.29, 0.717) is 39.1 Å². The monoisotopic (exact) mass is 316 g/mol. The summed E-state index contributed by atoms with van der Waals surface area (Å²) in [5.74, 6) is 0. The fourth-order valence-corrected chi connectivity index (χ4v) is 2.97. The van der Waals surface area contributed by atoms with Gasteiger partial charge in [-0.3, -0.25) is 4.98 Å². The molecule has 0 atom stereocenters. The summed E-state index contributed by atoms with van der Waals surface area (Å²) in [6, 6.07) is 3.89. The first kappa shape index (κ1) is 15.5. The second-order valence-corrected chi connectivity index (χ2v) is 5.65. The number of ether oxygens (including phenoxy) is 1. The first-order valence-electron chi connectivity index (χ1n) is 7.68. The number of hydrogen-bond acceptors (Lipinski definition) is 4. The Hall–Kier alpha value is -2.41. The zero-order valence-corrected chi connectivity index (χ0v) is 12.8. The predicted molar refractivity (Wildman–Crippen MR) is 82.9 cm³/mol. The number of aromatic nitrogens is 3. The normalized spacial score (nSPS) is 17.1. The van der Waals surface area contributed by atoms with Crippen LogP contribution in [0.1, 0.15) is 18.4 Å². The highest BCUT2D eigenvalue weighted by atomic mass is 16.5. The van der Waals surface area contributed by atoms with E-state index in [1.54, 1.807) is 18.7 Å². The van der Waals surface area contributed by atoms with Crippen LogP contribution in [0.15, 0.2) is 43.2 Å². The Morgan fingerprint density at radius 3 is 2.74 bits per heavy atom. The molecule has 0 aromatic carbocycles. The number of carbonyl (C=O) groups is 1. The van der Waals surface area contributed by atoms with Crippen LogP contribution in [0.5, 0.6) is 0 Å². The zero-order chi connectivity index (χ0) is 16.1. The molecule has 1 saturated heterocycles. The molecule has 2 aromatic heterocycles. The second-order valence-electron chi connectivity index (χ2n) is 5.65. The molecule has 122 valence electrons. The van der Waals surface area contributed by atoms with Crippen LogP contribution in [0.3, 0.4) is 0 Å². The van der Waals surface area contributed by atoms with E-state index in [4.69, 9.17) is 9.84 Å². The maximum atomic E-state index is 11.1. The summed E-state index contributed by atoms with van der Waals surface area (Å²) in [7, 11) is 0. The smallest absolute Gasteiger partial charge is 0.407 e. The van der Waals surface area contributed by atoms with E-state index in [1.165, 1.54) is 4.90 Å². The third-order valence-corrected chi connectivity index (χ3v) is 4.32. The molecule has 0 radical (unpaired) electrons. The Balaban J connectivity index is 1.71. The number of carboxylic acid groups (broad SMARTS) is 1. The van der Waals surface area contributed by atoms with Gasteiger partial charge in [-0.15, -0.1) is 0 Å². The average Bonchev–Trinajstić information content (AvgIpc) is 3.09. The molecular formula is C16H20N4O3. The minimum Gasteiger partial charge on any atom is -0.465 e. The van der Waals surface area contributed by atoms with E-state index in [2.05, 4.69) is 9.97 Å². The number of rotatable bonds is 5. The van der Waals surface area contributed by atoms with E-state index in [9.17, 15) is 4.79 Å². The van der Waals surface area contributed by atoms with Gasteiger partial charge in [-0.05, 0) is 18.9 Å². The van der Waals surface area contributed by atoms with E-state index >= 15 is 0 Å². The van der Waals surface area contributed by atoms with Crippen LogP contribution >= 0.6 is 0 Å². The van der Waals surface area contributed by atoms with Gasteiger partial charge in [-0.1, -0.05) is 6.07 Å². The van der Waals surface area contributed by atoms with Crippen LogP contribution in [0.25, 0.3) is 0 Å². The molecule has 1 N–H and O–H groups in total. The largest absolute Gasteiger partial charge is 0.465 e. The maximum absolute atomic E-state index is 11.1. The number of piperidine rings is 1. The molecule has 3 heterocycles. The lowest BCUT2D eigenvalue weighted by Crippen LogP contribution is -2.46.